The Morgan fingerprint density at radius 1 is 0.941 bits per heavy atom. The van der Waals surface area contributed by atoms with E-state index < -0.39 is 36.1 Å². The standard InChI is InChI=1S/C6F9NO/c7-2(8)3(9)17-6(14,15)5(12,13)4(10,11)1-16. The fourth-order valence-corrected chi connectivity index (χ4v) is 0.468. The van der Waals surface area contributed by atoms with E-state index in [0.29, 0.717) is 0 Å². The third-order valence-corrected chi connectivity index (χ3v) is 1.27. The zero-order valence-corrected chi connectivity index (χ0v) is 7.26. The average Bonchev–Trinajstić information content (AvgIpc) is 2.16. The lowest BCUT2D eigenvalue weighted by Gasteiger charge is -2.27. The van der Waals surface area contributed by atoms with Gasteiger partial charge >= 0.3 is 30.0 Å². The molecule has 0 aromatic rings. The SMILES string of the molecule is N#CC(F)(F)C(F)(F)C(F)(F)OC(F)=C(F)F. The van der Waals surface area contributed by atoms with E-state index in [1.807, 2.05) is 0 Å². The molecule has 0 radical (unpaired) electrons. The lowest BCUT2D eigenvalue weighted by atomic mass is 10.2. The van der Waals surface area contributed by atoms with Crippen molar-refractivity contribution in [1.29, 1.82) is 5.26 Å². The van der Waals surface area contributed by atoms with E-state index in [4.69, 9.17) is 5.26 Å². The van der Waals surface area contributed by atoms with Gasteiger partial charge in [0, 0.05) is 0 Å². The molecule has 0 aliphatic carbocycles. The largest absolute Gasteiger partial charge is 0.473 e. The summed E-state index contributed by atoms with van der Waals surface area (Å²) in [5, 5.41) is 7.51. The van der Waals surface area contributed by atoms with Crippen LogP contribution < -0.4 is 0 Å². The van der Waals surface area contributed by atoms with Crippen LogP contribution in [0.2, 0.25) is 0 Å². The summed E-state index contributed by atoms with van der Waals surface area (Å²) >= 11 is 0. The second-order valence-corrected chi connectivity index (χ2v) is 2.41. The van der Waals surface area contributed by atoms with E-state index in [0.717, 1.165) is 0 Å². The maximum Gasteiger partial charge on any atom is 0.473 e. The Balaban J connectivity index is 5.34. The smallest absolute Gasteiger partial charge is 0.397 e. The van der Waals surface area contributed by atoms with Crippen molar-refractivity contribution in [1.82, 2.24) is 0 Å². The van der Waals surface area contributed by atoms with Crippen molar-refractivity contribution >= 4 is 0 Å². The molecule has 0 aromatic carbocycles. The van der Waals surface area contributed by atoms with E-state index in [2.05, 4.69) is 4.74 Å². The summed E-state index contributed by atoms with van der Waals surface area (Å²) < 4.78 is 110. The lowest BCUT2D eigenvalue weighted by molar-refractivity contribution is -0.382. The summed E-state index contributed by atoms with van der Waals surface area (Å²) in [7, 11) is 0. The molecule has 2 nitrogen and oxygen atoms in total. The van der Waals surface area contributed by atoms with Crippen LogP contribution in [-0.4, -0.2) is 18.0 Å². The van der Waals surface area contributed by atoms with Gasteiger partial charge in [0.1, 0.15) is 6.07 Å². The Bertz CT molecular complexity index is 364. The molecular weight excluding hydrogens is 273 g/mol. The van der Waals surface area contributed by atoms with E-state index in [-0.39, 0.29) is 0 Å². The minimum Gasteiger partial charge on any atom is -0.397 e. The highest BCUT2D eigenvalue weighted by molar-refractivity contribution is 5.06. The fraction of sp³-hybridized carbons (Fsp3) is 0.500. The molecule has 0 fully saturated rings. The van der Waals surface area contributed by atoms with Gasteiger partial charge < -0.3 is 4.74 Å². The molecule has 0 unspecified atom stereocenters. The maximum atomic E-state index is 12.3. The lowest BCUT2D eigenvalue weighted by Crippen LogP contribution is -2.54. The minimum atomic E-state index is -6.50. The Morgan fingerprint density at radius 2 is 1.35 bits per heavy atom. The molecule has 0 N–H and O–H groups in total. The van der Waals surface area contributed by atoms with Gasteiger partial charge in [0.15, 0.2) is 0 Å². The van der Waals surface area contributed by atoms with E-state index in [1.54, 1.807) is 0 Å². The first-order valence-electron chi connectivity index (χ1n) is 3.33. The number of alkyl halides is 6. The zero-order chi connectivity index (χ0) is 14.1. The third kappa shape index (κ3) is 2.75. The number of ether oxygens (including phenoxy) is 1. The van der Waals surface area contributed by atoms with Crippen LogP contribution in [0.5, 0.6) is 0 Å². The molecule has 0 heterocycles. The highest BCUT2D eigenvalue weighted by Crippen LogP contribution is 2.47. The molecule has 0 rings (SSSR count). The summed E-state index contributed by atoms with van der Waals surface area (Å²) in [5.74, 6) is -12.4. The highest BCUT2D eigenvalue weighted by atomic mass is 19.4. The number of nitrogens with zero attached hydrogens (tertiary/aromatic N) is 1. The molecule has 98 valence electrons. The zero-order valence-electron chi connectivity index (χ0n) is 7.26. The minimum absolute atomic E-state index is 0.479. The van der Waals surface area contributed by atoms with Crippen molar-refractivity contribution in [2.75, 3.05) is 0 Å². The number of hydrogen-bond acceptors (Lipinski definition) is 2. The van der Waals surface area contributed by atoms with Crippen molar-refractivity contribution in [3.8, 4) is 6.07 Å². The van der Waals surface area contributed by atoms with Crippen LogP contribution in [0.1, 0.15) is 0 Å². The van der Waals surface area contributed by atoms with Crippen LogP contribution >= 0.6 is 0 Å². The van der Waals surface area contributed by atoms with Gasteiger partial charge in [-0.25, -0.2) is 0 Å². The molecular formula is C6F9NO. The van der Waals surface area contributed by atoms with Crippen LogP contribution in [0, 0.1) is 11.3 Å². The highest BCUT2D eigenvalue weighted by Gasteiger charge is 2.75. The van der Waals surface area contributed by atoms with Crippen molar-refractivity contribution in [2.24, 2.45) is 0 Å². The Morgan fingerprint density at radius 3 is 1.65 bits per heavy atom. The first-order valence-corrected chi connectivity index (χ1v) is 3.33. The second kappa shape index (κ2) is 4.34. The summed E-state index contributed by atoms with van der Waals surface area (Å²) in [6.45, 7) is 0. The van der Waals surface area contributed by atoms with Crippen LogP contribution in [0.25, 0.3) is 0 Å². The molecule has 0 atom stereocenters. The first kappa shape index (κ1) is 15.4. The second-order valence-electron chi connectivity index (χ2n) is 2.41. The van der Waals surface area contributed by atoms with Gasteiger partial charge in [0.2, 0.25) is 0 Å². The quantitative estimate of drug-likeness (QED) is 0.580. The fourth-order valence-electron chi connectivity index (χ4n) is 0.468. The van der Waals surface area contributed by atoms with Gasteiger partial charge in [-0.2, -0.15) is 44.8 Å². The summed E-state index contributed by atoms with van der Waals surface area (Å²) in [6, 6.07) is -3.93. The first-order chi connectivity index (χ1) is 7.39. The Labute approximate surface area is 86.9 Å². The van der Waals surface area contributed by atoms with Gasteiger partial charge in [0.25, 0.3) is 0 Å². The molecule has 11 heteroatoms. The van der Waals surface area contributed by atoms with Crippen LogP contribution in [0.15, 0.2) is 12.1 Å². The average molecular weight is 273 g/mol. The molecule has 0 amide bonds. The summed E-state index contributed by atoms with van der Waals surface area (Å²) in [5.41, 5.74) is 0. The topological polar surface area (TPSA) is 33.0 Å². The molecule has 0 saturated heterocycles. The number of hydrogen-bond donors (Lipinski definition) is 0. The maximum absolute atomic E-state index is 12.3. The van der Waals surface area contributed by atoms with Crippen molar-refractivity contribution in [3.63, 3.8) is 0 Å². The predicted octanol–water partition coefficient (Wildman–Crippen LogP) is 3.43. The van der Waals surface area contributed by atoms with Crippen LogP contribution in [-0.2, 0) is 4.74 Å². The van der Waals surface area contributed by atoms with Crippen LogP contribution in [0.4, 0.5) is 39.5 Å². The van der Waals surface area contributed by atoms with Gasteiger partial charge in [-0.15, -0.1) is 0 Å². The number of nitriles is 1. The normalized spacial score (nSPS) is 12.9. The van der Waals surface area contributed by atoms with E-state index in [1.165, 1.54) is 0 Å². The molecule has 0 aliphatic rings. The van der Waals surface area contributed by atoms with Gasteiger partial charge in [0.05, 0.1) is 0 Å². The van der Waals surface area contributed by atoms with Crippen molar-refractivity contribution in [2.45, 2.75) is 18.0 Å². The summed E-state index contributed by atoms with van der Waals surface area (Å²) in [6.07, 6.45) is -9.89. The van der Waals surface area contributed by atoms with E-state index >= 15 is 0 Å². The molecule has 17 heavy (non-hydrogen) atoms. The molecule has 0 aliphatic heterocycles. The van der Waals surface area contributed by atoms with Crippen molar-refractivity contribution < 1.29 is 44.3 Å². The van der Waals surface area contributed by atoms with Gasteiger partial charge in [-0.1, -0.05) is 0 Å². The Kier molecular flexibility index (Phi) is 3.93. The molecule has 0 saturated carbocycles. The number of rotatable bonds is 4. The monoisotopic (exact) mass is 273 g/mol. The van der Waals surface area contributed by atoms with Crippen molar-refractivity contribution in [3.05, 3.63) is 12.1 Å². The Hall–Kier alpha value is -1.60. The molecule has 0 spiro atoms. The van der Waals surface area contributed by atoms with Gasteiger partial charge in [-0.3, -0.25) is 0 Å². The summed E-state index contributed by atoms with van der Waals surface area (Å²) in [4.78, 5) is 0. The molecule has 0 bridgehead atoms. The predicted molar refractivity (Wildman–Crippen MR) is 31.9 cm³/mol. The number of halogens is 9. The van der Waals surface area contributed by atoms with Gasteiger partial charge in [-0.05, 0) is 0 Å². The van der Waals surface area contributed by atoms with E-state index in [9.17, 15) is 39.5 Å². The molecule has 0 aromatic heterocycles. The third-order valence-electron chi connectivity index (χ3n) is 1.27. The van der Waals surface area contributed by atoms with Crippen LogP contribution in [0.3, 0.4) is 0 Å².